The second kappa shape index (κ2) is 9.36. The third kappa shape index (κ3) is 9.86. The minimum absolute atomic E-state index is 0.0208. The highest BCUT2D eigenvalue weighted by atomic mass is 19.4. The van der Waals surface area contributed by atoms with Crippen LogP contribution >= 0.6 is 0 Å². The Kier molecular flexibility index (Phi) is 8.64. The number of alkyl halides is 3. The van der Waals surface area contributed by atoms with E-state index in [4.69, 9.17) is 15.0 Å². The first-order chi connectivity index (χ1) is 9.66. The molecule has 1 aromatic rings. The zero-order chi connectivity index (χ0) is 16.5. The van der Waals surface area contributed by atoms with E-state index < -0.39 is 17.7 Å². The number of aliphatic hydroxyl groups excluding tert-OH is 1. The van der Waals surface area contributed by atoms with E-state index in [9.17, 15) is 13.2 Å². The third-order valence-corrected chi connectivity index (χ3v) is 2.40. The molecular formula is C14H20F3NO3. The van der Waals surface area contributed by atoms with Crippen molar-refractivity contribution in [3.63, 3.8) is 0 Å². The molecule has 1 rings (SSSR count). The molecule has 0 aliphatic rings. The van der Waals surface area contributed by atoms with Gasteiger partial charge in [-0.2, -0.15) is 13.2 Å². The average Bonchev–Trinajstić information content (AvgIpc) is 2.35. The molecule has 0 aliphatic carbocycles. The molecule has 0 radical (unpaired) electrons. The van der Waals surface area contributed by atoms with E-state index in [0.29, 0.717) is 18.5 Å². The zero-order valence-corrected chi connectivity index (χ0v) is 11.9. The summed E-state index contributed by atoms with van der Waals surface area (Å²) in [5.74, 6) is -0.833. The number of hydrogen-bond acceptors (Lipinski definition) is 3. The monoisotopic (exact) mass is 307 g/mol. The van der Waals surface area contributed by atoms with Crippen LogP contribution in [0.3, 0.4) is 0 Å². The number of nitrogens with one attached hydrogen (secondary N) is 1. The molecule has 0 saturated heterocycles. The quantitative estimate of drug-likeness (QED) is 0.781. The van der Waals surface area contributed by atoms with E-state index >= 15 is 0 Å². The SMILES string of the molecule is CC(=O)O.CC(Cc1cccc(C(F)(F)F)c1)NCCO. The molecule has 0 spiro atoms. The fraction of sp³-hybridized carbons (Fsp3) is 0.500. The minimum atomic E-state index is -4.29. The van der Waals surface area contributed by atoms with Gasteiger partial charge >= 0.3 is 6.18 Å². The summed E-state index contributed by atoms with van der Waals surface area (Å²) in [7, 11) is 0. The summed E-state index contributed by atoms with van der Waals surface area (Å²) in [6.07, 6.45) is -3.79. The molecule has 1 atom stereocenters. The lowest BCUT2D eigenvalue weighted by Crippen LogP contribution is -2.30. The Hall–Kier alpha value is -1.60. The molecule has 3 N–H and O–H groups in total. The van der Waals surface area contributed by atoms with Gasteiger partial charge in [-0.05, 0) is 25.0 Å². The highest BCUT2D eigenvalue weighted by Gasteiger charge is 2.30. The summed E-state index contributed by atoms with van der Waals surface area (Å²) in [5, 5.41) is 19.0. The van der Waals surface area contributed by atoms with Crippen molar-refractivity contribution in [3.05, 3.63) is 35.4 Å². The molecule has 1 unspecified atom stereocenters. The fourth-order valence-corrected chi connectivity index (χ4v) is 1.61. The lowest BCUT2D eigenvalue weighted by atomic mass is 10.0. The second-order valence-electron chi connectivity index (χ2n) is 4.50. The molecule has 0 aromatic heterocycles. The van der Waals surface area contributed by atoms with E-state index in [0.717, 1.165) is 19.1 Å². The van der Waals surface area contributed by atoms with Crippen LogP contribution in [-0.2, 0) is 17.4 Å². The average molecular weight is 307 g/mol. The summed E-state index contributed by atoms with van der Waals surface area (Å²) >= 11 is 0. The maximum absolute atomic E-state index is 12.5. The van der Waals surface area contributed by atoms with Crippen LogP contribution in [0.4, 0.5) is 13.2 Å². The lowest BCUT2D eigenvalue weighted by molar-refractivity contribution is -0.137. The van der Waals surface area contributed by atoms with Crippen molar-refractivity contribution in [1.29, 1.82) is 0 Å². The smallest absolute Gasteiger partial charge is 0.416 e. The molecule has 0 amide bonds. The zero-order valence-electron chi connectivity index (χ0n) is 11.9. The number of hydrogen-bond donors (Lipinski definition) is 3. The number of aliphatic hydroxyl groups is 1. The van der Waals surface area contributed by atoms with E-state index in [1.165, 1.54) is 6.07 Å². The molecule has 0 heterocycles. The lowest BCUT2D eigenvalue weighted by Gasteiger charge is -2.14. The highest BCUT2D eigenvalue weighted by Crippen LogP contribution is 2.29. The predicted octanol–water partition coefficient (Wildman–Crippen LogP) is 2.31. The van der Waals surface area contributed by atoms with Crippen molar-refractivity contribution >= 4 is 5.97 Å². The fourth-order valence-electron chi connectivity index (χ4n) is 1.61. The molecule has 21 heavy (non-hydrogen) atoms. The third-order valence-electron chi connectivity index (χ3n) is 2.40. The van der Waals surface area contributed by atoms with E-state index in [-0.39, 0.29) is 12.6 Å². The summed E-state index contributed by atoms with van der Waals surface area (Å²) in [6, 6.07) is 5.35. The second-order valence-corrected chi connectivity index (χ2v) is 4.50. The summed E-state index contributed by atoms with van der Waals surface area (Å²) in [6.45, 7) is 3.42. The molecule has 0 fully saturated rings. The Morgan fingerprint density at radius 1 is 1.38 bits per heavy atom. The van der Waals surface area contributed by atoms with Gasteiger partial charge in [0.1, 0.15) is 0 Å². The van der Waals surface area contributed by atoms with Crippen molar-refractivity contribution in [1.82, 2.24) is 5.32 Å². The molecule has 0 aliphatic heterocycles. The normalized spacial score (nSPS) is 12.3. The van der Waals surface area contributed by atoms with Crippen LogP contribution in [0.2, 0.25) is 0 Å². The number of aliphatic carboxylic acids is 1. The Morgan fingerprint density at radius 2 is 1.95 bits per heavy atom. The van der Waals surface area contributed by atoms with Gasteiger partial charge in [-0.3, -0.25) is 4.79 Å². The number of carboxylic acids is 1. The molecule has 0 saturated carbocycles. The molecule has 4 nitrogen and oxygen atoms in total. The van der Waals surface area contributed by atoms with Crippen molar-refractivity contribution in [2.45, 2.75) is 32.5 Å². The molecule has 7 heteroatoms. The molecule has 1 aromatic carbocycles. The van der Waals surface area contributed by atoms with E-state index in [1.807, 2.05) is 6.92 Å². The maximum Gasteiger partial charge on any atom is 0.416 e. The Bertz CT molecular complexity index is 432. The van der Waals surface area contributed by atoms with Gasteiger partial charge in [0.15, 0.2) is 0 Å². The minimum Gasteiger partial charge on any atom is -0.481 e. The van der Waals surface area contributed by atoms with Gasteiger partial charge in [0.25, 0.3) is 5.97 Å². The van der Waals surface area contributed by atoms with Gasteiger partial charge in [-0.15, -0.1) is 0 Å². The molecule has 120 valence electrons. The number of rotatable bonds is 5. The summed E-state index contributed by atoms with van der Waals surface area (Å²) in [5.41, 5.74) is 0.0159. The summed E-state index contributed by atoms with van der Waals surface area (Å²) < 4.78 is 37.4. The first-order valence-corrected chi connectivity index (χ1v) is 6.36. The van der Waals surface area contributed by atoms with Crippen LogP contribution in [-0.4, -0.2) is 35.4 Å². The van der Waals surface area contributed by atoms with Crippen molar-refractivity contribution in [2.75, 3.05) is 13.2 Å². The van der Waals surface area contributed by atoms with Crippen molar-refractivity contribution in [2.24, 2.45) is 0 Å². The van der Waals surface area contributed by atoms with Crippen LogP contribution in [0, 0.1) is 0 Å². The van der Waals surface area contributed by atoms with Gasteiger partial charge in [-0.1, -0.05) is 18.2 Å². The van der Waals surface area contributed by atoms with Crippen LogP contribution in [0.1, 0.15) is 25.0 Å². The maximum atomic E-state index is 12.5. The number of carboxylic acid groups (broad SMARTS) is 1. The topological polar surface area (TPSA) is 69.6 Å². The van der Waals surface area contributed by atoms with Crippen LogP contribution in [0.15, 0.2) is 24.3 Å². The Morgan fingerprint density at radius 3 is 2.43 bits per heavy atom. The Balaban J connectivity index is 0.000000885. The van der Waals surface area contributed by atoms with Gasteiger partial charge < -0.3 is 15.5 Å². The highest BCUT2D eigenvalue weighted by molar-refractivity contribution is 5.62. The first kappa shape index (κ1) is 19.4. The van der Waals surface area contributed by atoms with E-state index in [2.05, 4.69) is 5.32 Å². The number of halogens is 3. The van der Waals surface area contributed by atoms with E-state index in [1.54, 1.807) is 6.07 Å². The largest absolute Gasteiger partial charge is 0.481 e. The van der Waals surface area contributed by atoms with Gasteiger partial charge in [-0.25, -0.2) is 0 Å². The van der Waals surface area contributed by atoms with Crippen LogP contribution in [0.5, 0.6) is 0 Å². The van der Waals surface area contributed by atoms with Crippen molar-refractivity contribution < 1.29 is 28.2 Å². The standard InChI is InChI=1S/C12H16F3NO.C2H4O2/c1-9(16-5-6-17)7-10-3-2-4-11(8-10)12(13,14)15;1-2(3)4/h2-4,8-9,16-17H,5-7H2,1H3;1H3,(H,3,4). The number of benzene rings is 1. The van der Waals surface area contributed by atoms with Crippen LogP contribution in [0.25, 0.3) is 0 Å². The first-order valence-electron chi connectivity index (χ1n) is 6.36. The predicted molar refractivity (Wildman–Crippen MR) is 73.0 cm³/mol. The molecule has 0 bridgehead atoms. The Labute approximate surface area is 121 Å². The van der Waals surface area contributed by atoms with Gasteiger partial charge in [0.05, 0.1) is 12.2 Å². The number of carbonyl (C=O) groups is 1. The van der Waals surface area contributed by atoms with Gasteiger partial charge in [0, 0.05) is 19.5 Å². The van der Waals surface area contributed by atoms with Gasteiger partial charge in [0.2, 0.25) is 0 Å². The van der Waals surface area contributed by atoms with Crippen molar-refractivity contribution in [3.8, 4) is 0 Å². The van der Waals surface area contributed by atoms with Crippen LogP contribution < -0.4 is 5.32 Å². The molecular weight excluding hydrogens is 287 g/mol. The summed E-state index contributed by atoms with van der Waals surface area (Å²) in [4.78, 5) is 9.00.